The predicted molar refractivity (Wildman–Crippen MR) is 55.8 cm³/mol. The van der Waals surface area contributed by atoms with Gasteiger partial charge in [-0.2, -0.15) is 0 Å². The van der Waals surface area contributed by atoms with E-state index < -0.39 is 0 Å². The van der Waals surface area contributed by atoms with E-state index in [9.17, 15) is 0 Å². The van der Waals surface area contributed by atoms with E-state index in [0.29, 0.717) is 0 Å². The van der Waals surface area contributed by atoms with Crippen molar-refractivity contribution in [2.24, 2.45) is 11.8 Å². The van der Waals surface area contributed by atoms with Crippen molar-refractivity contribution in [3.05, 3.63) is 35.9 Å². The van der Waals surface area contributed by atoms with Crippen LogP contribution in [0.15, 0.2) is 30.3 Å². The Morgan fingerprint density at radius 3 is 2.38 bits per heavy atom. The van der Waals surface area contributed by atoms with E-state index in [0.717, 1.165) is 17.8 Å². The summed E-state index contributed by atoms with van der Waals surface area (Å²) in [4.78, 5) is 2.45. The van der Waals surface area contributed by atoms with Crippen LogP contribution in [0.2, 0.25) is 0 Å². The molecule has 0 aromatic heterocycles. The van der Waals surface area contributed by atoms with Crippen molar-refractivity contribution in [1.29, 1.82) is 0 Å². The summed E-state index contributed by atoms with van der Waals surface area (Å²) in [5.41, 5.74) is 1.56. The predicted octanol–water partition coefficient (Wildman–Crippen LogP) is 2.21. The molecule has 0 radical (unpaired) electrons. The zero-order valence-corrected chi connectivity index (χ0v) is 7.98. The Morgan fingerprint density at radius 2 is 1.77 bits per heavy atom. The van der Waals surface area contributed by atoms with E-state index in [1.54, 1.807) is 5.56 Å². The summed E-state index contributed by atoms with van der Waals surface area (Å²) in [6.07, 6.45) is 0. The van der Waals surface area contributed by atoms with Crippen LogP contribution in [0.1, 0.15) is 12.9 Å². The number of fused-ring (bicyclic) bond motifs is 1. The highest BCUT2D eigenvalue weighted by Crippen LogP contribution is 2.57. The summed E-state index contributed by atoms with van der Waals surface area (Å²) in [5, 5.41) is 0. The van der Waals surface area contributed by atoms with Crippen LogP contribution in [0.4, 0.5) is 0 Å². The van der Waals surface area contributed by atoms with Gasteiger partial charge in [-0.3, -0.25) is 0 Å². The molecule has 1 heteroatoms. The molecule has 0 bridgehead atoms. The lowest BCUT2D eigenvalue weighted by Gasteiger charge is -2.12. The molecule has 1 heterocycles. The van der Waals surface area contributed by atoms with Crippen LogP contribution in [0.5, 0.6) is 0 Å². The quantitative estimate of drug-likeness (QED) is 0.632. The zero-order valence-electron chi connectivity index (χ0n) is 7.98. The molecule has 0 spiro atoms. The van der Waals surface area contributed by atoms with Crippen LogP contribution in [-0.2, 0) is 0 Å². The first-order chi connectivity index (χ1) is 6.36. The maximum atomic E-state index is 2.45. The first kappa shape index (κ1) is 7.57. The van der Waals surface area contributed by atoms with Crippen LogP contribution < -0.4 is 0 Å². The average Bonchev–Trinajstić information content (AvgIpc) is 2.66. The van der Waals surface area contributed by atoms with Gasteiger partial charge in [0.1, 0.15) is 0 Å². The van der Waals surface area contributed by atoms with Crippen molar-refractivity contribution in [2.45, 2.75) is 5.92 Å². The molecule has 1 aromatic carbocycles. The van der Waals surface area contributed by atoms with Crippen molar-refractivity contribution in [2.75, 3.05) is 20.1 Å². The molecule has 3 atom stereocenters. The molecule has 1 saturated carbocycles. The normalized spacial score (nSPS) is 37.5. The number of hydrogen-bond donors (Lipinski definition) is 0. The summed E-state index contributed by atoms with van der Waals surface area (Å²) < 4.78 is 0. The summed E-state index contributed by atoms with van der Waals surface area (Å²) in [6, 6.07) is 11.0. The average molecular weight is 175 g/mol. The van der Waals surface area contributed by atoms with Gasteiger partial charge in [0.2, 0.25) is 0 Å². The fourth-order valence-corrected chi connectivity index (χ4v) is 2.91. The third-order valence-electron chi connectivity index (χ3n) is 3.56. The highest BCUT2D eigenvalue weighted by atomic mass is 15.2. The maximum absolute atomic E-state index is 2.45. The molecule has 1 nitrogen and oxygen atoms in total. The Kier molecular flexibility index (Phi) is 1.50. The van der Waals surface area contributed by atoms with E-state index in [1.807, 2.05) is 0 Å². The van der Waals surface area contributed by atoms with Crippen LogP contribution in [0, 0.1) is 11.8 Å². The second-order valence-electron chi connectivity index (χ2n) is 4.49. The van der Waals surface area contributed by atoms with Crippen LogP contribution >= 0.6 is 0 Å². The Bertz CT molecular complexity index is 299. The Labute approximate surface area is 80.9 Å². The molecule has 1 aliphatic heterocycles. The van der Waals surface area contributed by atoms with E-state index in [-0.39, 0.29) is 1.43 Å². The third-order valence-corrected chi connectivity index (χ3v) is 3.56. The minimum absolute atomic E-state index is 0. The maximum Gasteiger partial charge on any atom is 0.00160 e. The van der Waals surface area contributed by atoms with E-state index >= 15 is 0 Å². The van der Waals surface area contributed by atoms with Gasteiger partial charge in [-0.15, -0.1) is 0 Å². The minimum Gasteiger partial charge on any atom is -0.306 e. The second kappa shape index (κ2) is 2.58. The number of hydrogen-bond acceptors (Lipinski definition) is 1. The van der Waals surface area contributed by atoms with Crippen LogP contribution in [-0.4, -0.2) is 25.0 Å². The van der Waals surface area contributed by atoms with Gasteiger partial charge in [0.15, 0.2) is 0 Å². The van der Waals surface area contributed by atoms with Crippen molar-refractivity contribution >= 4 is 0 Å². The highest BCUT2D eigenvalue weighted by Gasteiger charge is 2.54. The molecular formula is C12H17N. The van der Waals surface area contributed by atoms with Crippen molar-refractivity contribution in [3.63, 3.8) is 0 Å². The Balaban J connectivity index is 0.000000750. The molecule has 0 amide bonds. The van der Waals surface area contributed by atoms with Crippen LogP contribution in [0.25, 0.3) is 0 Å². The van der Waals surface area contributed by atoms with E-state index in [4.69, 9.17) is 0 Å². The van der Waals surface area contributed by atoms with Gasteiger partial charge in [-0.05, 0) is 30.4 Å². The molecule has 13 heavy (non-hydrogen) atoms. The molecule has 1 saturated heterocycles. The van der Waals surface area contributed by atoms with E-state index in [2.05, 4.69) is 42.3 Å². The van der Waals surface area contributed by atoms with Gasteiger partial charge in [-0.25, -0.2) is 0 Å². The smallest absolute Gasteiger partial charge is 0.00160 e. The fraction of sp³-hybridized carbons (Fsp3) is 0.500. The van der Waals surface area contributed by atoms with Crippen LogP contribution in [0.3, 0.4) is 0 Å². The monoisotopic (exact) mass is 175 g/mol. The molecule has 2 aliphatic rings. The number of nitrogens with zero attached hydrogens (tertiary/aromatic N) is 1. The highest BCUT2D eigenvalue weighted by molar-refractivity contribution is 5.30. The lowest BCUT2D eigenvalue weighted by molar-refractivity contribution is 0.363. The number of likely N-dealkylation sites (tertiary alicyclic amines) is 1. The molecule has 3 rings (SSSR count). The van der Waals surface area contributed by atoms with Gasteiger partial charge in [0.25, 0.3) is 0 Å². The molecule has 2 unspecified atom stereocenters. The molecule has 0 N–H and O–H groups in total. The van der Waals surface area contributed by atoms with Crippen molar-refractivity contribution in [1.82, 2.24) is 4.90 Å². The van der Waals surface area contributed by atoms with Gasteiger partial charge >= 0.3 is 0 Å². The van der Waals surface area contributed by atoms with Crippen molar-refractivity contribution in [3.8, 4) is 0 Å². The van der Waals surface area contributed by atoms with Gasteiger partial charge < -0.3 is 4.90 Å². The molecule has 70 valence electrons. The van der Waals surface area contributed by atoms with E-state index in [1.165, 1.54) is 13.1 Å². The molecule has 1 aromatic rings. The van der Waals surface area contributed by atoms with Gasteiger partial charge in [-0.1, -0.05) is 30.3 Å². The first-order valence-electron chi connectivity index (χ1n) is 5.10. The zero-order chi connectivity index (χ0) is 8.84. The largest absolute Gasteiger partial charge is 0.306 e. The first-order valence-corrected chi connectivity index (χ1v) is 5.10. The molecule has 2 fully saturated rings. The summed E-state index contributed by atoms with van der Waals surface area (Å²) in [6.45, 7) is 2.62. The standard InChI is InChI=1S/C12H15N.H2/c1-13-7-10-11(8-13)12(10)9-5-3-2-4-6-9;/h2-6,10-12H,7-8H2,1H3;1H/t10-,11?,12?;/m0./s1. The minimum atomic E-state index is 0. The topological polar surface area (TPSA) is 3.24 Å². The van der Waals surface area contributed by atoms with Gasteiger partial charge in [0.05, 0.1) is 0 Å². The Hall–Kier alpha value is -0.820. The molecular weight excluding hydrogens is 158 g/mol. The lowest BCUT2D eigenvalue weighted by atomic mass is 10.1. The Morgan fingerprint density at radius 1 is 1.15 bits per heavy atom. The van der Waals surface area contributed by atoms with Gasteiger partial charge in [0, 0.05) is 14.5 Å². The number of benzene rings is 1. The summed E-state index contributed by atoms with van der Waals surface area (Å²) in [7, 11) is 2.23. The third kappa shape index (κ3) is 1.11. The van der Waals surface area contributed by atoms with Crippen molar-refractivity contribution < 1.29 is 1.43 Å². The fourth-order valence-electron chi connectivity index (χ4n) is 2.91. The summed E-state index contributed by atoms with van der Waals surface area (Å²) in [5.74, 6) is 2.82. The lowest BCUT2D eigenvalue weighted by Crippen LogP contribution is -2.18. The SMILES string of the molecule is CN1CC2C(c3ccccc3)[C@H]2C1.[HH]. The molecule has 1 aliphatic carbocycles. The second-order valence-corrected chi connectivity index (χ2v) is 4.49. The summed E-state index contributed by atoms with van der Waals surface area (Å²) >= 11 is 0. The number of piperidine rings is 1. The number of rotatable bonds is 1.